The van der Waals surface area contributed by atoms with E-state index in [0.29, 0.717) is 18.7 Å². The summed E-state index contributed by atoms with van der Waals surface area (Å²) < 4.78 is 67.4. The lowest BCUT2D eigenvalue weighted by Gasteiger charge is -2.25. The first-order valence-corrected chi connectivity index (χ1v) is 13.2. The third-order valence-electron chi connectivity index (χ3n) is 5.19. The first-order chi connectivity index (χ1) is 15.1. The van der Waals surface area contributed by atoms with E-state index < -0.39 is 42.7 Å². The lowest BCUT2D eigenvalue weighted by atomic mass is 10.2. The van der Waals surface area contributed by atoms with Gasteiger partial charge in [-0.1, -0.05) is 30.7 Å². The molecule has 1 fully saturated rings. The van der Waals surface area contributed by atoms with Crippen LogP contribution in [0, 0.1) is 5.82 Å². The second-order valence-corrected chi connectivity index (χ2v) is 11.2. The molecule has 1 aliphatic rings. The van der Waals surface area contributed by atoms with Gasteiger partial charge in [0.1, 0.15) is 10.7 Å². The summed E-state index contributed by atoms with van der Waals surface area (Å²) in [6, 6.07) is 9.95. The van der Waals surface area contributed by atoms with Crippen LogP contribution >= 0.6 is 0 Å². The monoisotopic (exact) mass is 483 g/mol. The van der Waals surface area contributed by atoms with E-state index in [1.807, 2.05) is 0 Å². The van der Waals surface area contributed by atoms with E-state index in [1.165, 1.54) is 35.5 Å². The minimum absolute atomic E-state index is 0.0780. The van der Waals surface area contributed by atoms with E-state index >= 15 is 0 Å². The van der Waals surface area contributed by atoms with Crippen molar-refractivity contribution in [3.8, 4) is 0 Å². The fraction of sp³-hybridized carbons (Fsp3) is 0.381. The molecule has 1 atom stereocenters. The van der Waals surface area contributed by atoms with Crippen LogP contribution in [0.5, 0.6) is 0 Å². The SMILES string of the molecule is C[C@H](NS(=O)(=O)c1ccccc1F)C(=O)NCc1ccc(S(=O)(=O)N2CCCCC2)cc1. The van der Waals surface area contributed by atoms with Crippen molar-refractivity contribution in [3.05, 3.63) is 59.9 Å². The van der Waals surface area contributed by atoms with Gasteiger partial charge in [0.15, 0.2) is 0 Å². The second-order valence-electron chi connectivity index (χ2n) is 7.60. The molecule has 2 aromatic carbocycles. The molecular formula is C21H26FN3O5S2. The molecule has 0 radical (unpaired) electrons. The van der Waals surface area contributed by atoms with Crippen LogP contribution in [0.25, 0.3) is 0 Å². The zero-order valence-corrected chi connectivity index (χ0v) is 19.3. The van der Waals surface area contributed by atoms with Crippen LogP contribution in [0.15, 0.2) is 58.3 Å². The van der Waals surface area contributed by atoms with Crippen molar-refractivity contribution in [2.45, 2.75) is 48.6 Å². The number of hydrogen-bond acceptors (Lipinski definition) is 5. The quantitative estimate of drug-likeness (QED) is 0.596. The Kier molecular flexibility index (Phi) is 7.65. The van der Waals surface area contributed by atoms with Gasteiger partial charge < -0.3 is 5.32 Å². The van der Waals surface area contributed by atoms with Crippen molar-refractivity contribution in [1.29, 1.82) is 0 Å². The predicted octanol–water partition coefficient (Wildman–Crippen LogP) is 1.98. The molecule has 0 spiro atoms. The number of nitrogens with zero attached hydrogens (tertiary/aromatic N) is 1. The standard InChI is InChI=1S/C21H26FN3O5S2/c1-16(24-31(27,28)20-8-4-3-7-19(20)22)21(26)23-15-17-9-11-18(12-10-17)32(29,30)25-13-5-2-6-14-25/h3-4,7-12,16,24H,2,5-6,13-15H2,1H3,(H,23,26)/t16-/m0/s1. The van der Waals surface area contributed by atoms with Gasteiger partial charge in [0.2, 0.25) is 26.0 Å². The number of nitrogens with one attached hydrogen (secondary N) is 2. The highest BCUT2D eigenvalue weighted by Gasteiger charge is 2.26. The third-order valence-corrected chi connectivity index (χ3v) is 8.68. The summed E-state index contributed by atoms with van der Waals surface area (Å²) in [5.41, 5.74) is 0.653. The number of amides is 1. The van der Waals surface area contributed by atoms with Crippen molar-refractivity contribution in [2.24, 2.45) is 0 Å². The Morgan fingerprint density at radius 3 is 2.25 bits per heavy atom. The number of sulfonamides is 2. The summed E-state index contributed by atoms with van der Waals surface area (Å²) in [6.07, 6.45) is 2.73. The second kappa shape index (κ2) is 10.1. The fourth-order valence-electron chi connectivity index (χ4n) is 3.39. The first kappa shape index (κ1) is 24.3. The third kappa shape index (κ3) is 5.71. The molecule has 0 aromatic heterocycles. The fourth-order valence-corrected chi connectivity index (χ4v) is 6.19. The lowest BCUT2D eigenvalue weighted by molar-refractivity contribution is -0.122. The van der Waals surface area contributed by atoms with Crippen LogP contribution in [0.1, 0.15) is 31.7 Å². The normalized spacial score (nSPS) is 16.4. The van der Waals surface area contributed by atoms with E-state index in [-0.39, 0.29) is 11.4 Å². The Morgan fingerprint density at radius 2 is 1.62 bits per heavy atom. The molecule has 174 valence electrons. The summed E-state index contributed by atoms with van der Waals surface area (Å²) >= 11 is 0. The molecule has 32 heavy (non-hydrogen) atoms. The molecule has 0 saturated carbocycles. The average Bonchev–Trinajstić information content (AvgIpc) is 2.78. The molecule has 2 N–H and O–H groups in total. The zero-order chi connectivity index (χ0) is 23.4. The number of rotatable bonds is 8. The summed E-state index contributed by atoms with van der Waals surface area (Å²) in [5.74, 6) is -1.51. The van der Waals surface area contributed by atoms with Gasteiger partial charge in [0.05, 0.1) is 10.9 Å². The Bertz CT molecular complexity index is 1160. The smallest absolute Gasteiger partial charge is 0.244 e. The molecule has 1 amide bonds. The Hall–Kier alpha value is -2.34. The molecule has 0 bridgehead atoms. The van der Waals surface area contributed by atoms with Gasteiger partial charge in [-0.05, 0) is 49.6 Å². The molecule has 11 heteroatoms. The van der Waals surface area contributed by atoms with Crippen LogP contribution < -0.4 is 10.0 Å². The predicted molar refractivity (Wildman–Crippen MR) is 117 cm³/mol. The van der Waals surface area contributed by atoms with E-state index in [0.717, 1.165) is 31.4 Å². The van der Waals surface area contributed by atoms with Gasteiger partial charge in [0, 0.05) is 19.6 Å². The highest BCUT2D eigenvalue weighted by Crippen LogP contribution is 2.21. The van der Waals surface area contributed by atoms with Gasteiger partial charge in [-0.2, -0.15) is 9.03 Å². The van der Waals surface area contributed by atoms with Crippen molar-refractivity contribution >= 4 is 26.0 Å². The maximum atomic E-state index is 13.8. The number of benzene rings is 2. The largest absolute Gasteiger partial charge is 0.351 e. The van der Waals surface area contributed by atoms with Crippen LogP contribution in [-0.2, 0) is 31.4 Å². The molecule has 3 rings (SSSR count). The van der Waals surface area contributed by atoms with Crippen molar-refractivity contribution < 1.29 is 26.0 Å². The van der Waals surface area contributed by atoms with Crippen LogP contribution in [-0.4, -0.2) is 46.2 Å². The molecule has 0 aliphatic carbocycles. The minimum Gasteiger partial charge on any atom is -0.351 e. The van der Waals surface area contributed by atoms with Gasteiger partial charge in [-0.15, -0.1) is 0 Å². The Morgan fingerprint density at radius 1 is 1.00 bits per heavy atom. The van der Waals surface area contributed by atoms with Crippen molar-refractivity contribution in [2.75, 3.05) is 13.1 Å². The number of carbonyl (C=O) groups excluding carboxylic acids is 1. The van der Waals surface area contributed by atoms with E-state index in [2.05, 4.69) is 10.0 Å². The summed E-state index contributed by atoms with van der Waals surface area (Å²) in [7, 11) is -7.74. The number of halogens is 1. The topological polar surface area (TPSA) is 113 Å². The highest BCUT2D eigenvalue weighted by atomic mass is 32.2. The average molecular weight is 484 g/mol. The summed E-state index contributed by atoms with van der Waals surface area (Å²) in [6.45, 7) is 2.46. The summed E-state index contributed by atoms with van der Waals surface area (Å²) in [4.78, 5) is 12.0. The Balaban J connectivity index is 1.58. The number of piperidine rings is 1. The number of carbonyl (C=O) groups is 1. The number of hydrogen-bond donors (Lipinski definition) is 2. The maximum absolute atomic E-state index is 13.8. The van der Waals surface area contributed by atoms with Gasteiger partial charge >= 0.3 is 0 Å². The molecule has 0 unspecified atom stereocenters. The molecule has 1 heterocycles. The first-order valence-electron chi connectivity index (χ1n) is 10.2. The van der Waals surface area contributed by atoms with Crippen LogP contribution in [0.4, 0.5) is 4.39 Å². The van der Waals surface area contributed by atoms with Gasteiger partial charge in [0.25, 0.3) is 0 Å². The summed E-state index contributed by atoms with van der Waals surface area (Å²) in [5, 5.41) is 2.59. The van der Waals surface area contributed by atoms with E-state index in [1.54, 1.807) is 12.1 Å². The molecule has 1 saturated heterocycles. The van der Waals surface area contributed by atoms with Gasteiger partial charge in [-0.3, -0.25) is 4.79 Å². The van der Waals surface area contributed by atoms with Crippen LogP contribution in [0.3, 0.4) is 0 Å². The molecule has 8 nitrogen and oxygen atoms in total. The van der Waals surface area contributed by atoms with E-state index in [9.17, 15) is 26.0 Å². The van der Waals surface area contributed by atoms with E-state index in [4.69, 9.17) is 0 Å². The lowest BCUT2D eigenvalue weighted by Crippen LogP contribution is -2.44. The molecule has 2 aromatic rings. The van der Waals surface area contributed by atoms with Crippen molar-refractivity contribution in [3.63, 3.8) is 0 Å². The highest BCUT2D eigenvalue weighted by molar-refractivity contribution is 7.89. The molecule has 1 aliphatic heterocycles. The zero-order valence-electron chi connectivity index (χ0n) is 17.6. The molecular weight excluding hydrogens is 457 g/mol. The van der Waals surface area contributed by atoms with Crippen LogP contribution in [0.2, 0.25) is 0 Å². The van der Waals surface area contributed by atoms with Gasteiger partial charge in [-0.25, -0.2) is 21.2 Å². The minimum atomic E-state index is -4.21. The Labute approximate surface area is 187 Å². The van der Waals surface area contributed by atoms with Crippen molar-refractivity contribution in [1.82, 2.24) is 14.3 Å². The maximum Gasteiger partial charge on any atom is 0.244 e.